The Bertz CT molecular complexity index is 2000. The molecule has 0 radical (unpaired) electrons. The molecule has 2 aliphatic carbocycles. The summed E-state index contributed by atoms with van der Waals surface area (Å²) in [6.45, 7) is 3.58. The molecule has 0 saturated heterocycles. The number of rotatable bonds is 12. The van der Waals surface area contributed by atoms with Crippen LogP contribution in [0.4, 0.5) is 13.2 Å². The fourth-order valence-corrected chi connectivity index (χ4v) is 7.07. The molecule has 4 aromatic carbocycles. The van der Waals surface area contributed by atoms with E-state index in [0.29, 0.717) is 24.0 Å². The van der Waals surface area contributed by atoms with Gasteiger partial charge in [0.2, 0.25) is 5.78 Å². The summed E-state index contributed by atoms with van der Waals surface area (Å²) in [4.78, 5) is 31.4. The van der Waals surface area contributed by atoms with Gasteiger partial charge in [-0.05, 0) is 97.5 Å². The molecule has 0 spiro atoms. The number of allylic oxidation sites excluding steroid dienone is 2. The van der Waals surface area contributed by atoms with Gasteiger partial charge in [0.25, 0.3) is 5.91 Å². The molecule has 0 saturated carbocycles. The van der Waals surface area contributed by atoms with E-state index in [9.17, 15) is 18.4 Å². The molecule has 0 N–H and O–H groups in total. The second kappa shape index (κ2) is 14.1. The lowest BCUT2D eigenvalue weighted by Gasteiger charge is -2.42. The molecular formula is C41H37F3N2O3. The highest BCUT2D eigenvalue weighted by molar-refractivity contribution is 6.08. The second-order valence-corrected chi connectivity index (χ2v) is 12.4. The molecule has 1 amide bonds. The maximum atomic E-state index is 15.3. The standard InChI is InChI=1S/C41H37F3N2O3/c1-4-11-37(47)39(49-25-29-12-6-5-7-13-29)27(2)40(48)46(21-20-28-14-10-16-32(42)22-28)26-45(3)41-31(23-30-15-8-9-17-34(30)41)24-33-35(41)18-19-36(43)38(33)44/h4-19,22,24H,20-21,23,25-26H2,1-3H3/b11-4-,39-27-. The maximum Gasteiger partial charge on any atom is 0.254 e. The quantitative estimate of drug-likeness (QED) is 0.0880. The van der Waals surface area contributed by atoms with Gasteiger partial charge in [-0.1, -0.05) is 78.9 Å². The molecule has 8 heteroatoms. The first-order chi connectivity index (χ1) is 23.6. The molecule has 1 atom stereocenters. The highest BCUT2D eigenvalue weighted by Gasteiger charge is 2.52. The Morgan fingerprint density at radius 2 is 1.63 bits per heavy atom. The number of likely N-dealkylation sites (N-methyl/N-ethyl adjacent to an activating group) is 1. The number of amides is 1. The van der Waals surface area contributed by atoms with Gasteiger partial charge in [0.05, 0.1) is 17.8 Å². The van der Waals surface area contributed by atoms with Crippen molar-refractivity contribution >= 4 is 17.8 Å². The summed E-state index contributed by atoms with van der Waals surface area (Å²) >= 11 is 0. The van der Waals surface area contributed by atoms with Crippen LogP contribution in [0, 0.1) is 17.5 Å². The van der Waals surface area contributed by atoms with Crippen LogP contribution in [0.1, 0.15) is 47.2 Å². The van der Waals surface area contributed by atoms with Crippen LogP contribution < -0.4 is 0 Å². The molecule has 0 fully saturated rings. The summed E-state index contributed by atoms with van der Waals surface area (Å²) in [6, 6.07) is 26.2. The number of hydrogen-bond donors (Lipinski definition) is 0. The van der Waals surface area contributed by atoms with Gasteiger partial charge in [0.15, 0.2) is 17.4 Å². The van der Waals surface area contributed by atoms with Gasteiger partial charge in [-0.15, -0.1) is 0 Å². The van der Waals surface area contributed by atoms with E-state index in [1.165, 1.54) is 18.2 Å². The Morgan fingerprint density at radius 1 is 0.898 bits per heavy atom. The topological polar surface area (TPSA) is 49.9 Å². The average Bonchev–Trinajstić information content (AvgIpc) is 3.61. The molecule has 5 nitrogen and oxygen atoms in total. The van der Waals surface area contributed by atoms with Crippen LogP contribution in [-0.4, -0.2) is 41.8 Å². The van der Waals surface area contributed by atoms with Gasteiger partial charge < -0.3 is 9.64 Å². The van der Waals surface area contributed by atoms with Crippen molar-refractivity contribution in [1.29, 1.82) is 0 Å². The predicted octanol–water partition coefficient (Wildman–Crippen LogP) is 7.90. The van der Waals surface area contributed by atoms with Crippen molar-refractivity contribution < 1.29 is 27.5 Å². The van der Waals surface area contributed by atoms with Crippen LogP contribution in [0.5, 0.6) is 0 Å². The number of nitrogens with zero attached hydrogens (tertiary/aromatic N) is 2. The normalized spacial score (nSPS) is 16.6. The molecule has 0 aliphatic heterocycles. The minimum atomic E-state index is -0.969. The van der Waals surface area contributed by atoms with Crippen LogP contribution in [0.15, 0.2) is 120 Å². The Balaban J connectivity index is 1.40. The van der Waals surface area contributed by atoms with E-state index in [4.69, 9.17) is 4.74 Å². The Labute approximate surface area is 284 Å². The molecule has 0 bridgehead atoms. The molecule has 0 aromatic heterocycles. The SMILES string of the molecule is C/C=C\C(=O)/C(OCc1ccccc1)=C(\C)C(=O)N(CCc1cccc(F)c1)CN(C)C12C(=Cc3c1ccc(F)c3F)Cc1ccccc12. The summed E-state index contributed by atoms with van der Waals surface area (Å²) in [7, 11) is 1.85. The summed E-state index contributed by atoms with van der Waals surface area (Å²) in [6.07, 6.45) is 5.53. The Hall–Kier alpha value is -5.21. The van der Waals surface area contributed by atoms with Crippen LogP contribution >= 0.6 is 0 Å². The number of fused-ring (bicyclic) bond motifs is 5. The van der Waals surface area contributed by atoms with Crippen molar-refractivity contribution in [2.75, 3.05) is 20.3 Å². The number of hydrogen-bond acceptors (Lipinski definition) is 4. The lowest BCUT2D eigenvalue weighted by atomic mass is 9.82. The molecule has 250 valence electrons. The summed E-state index contributed by atoms with van der Waals surface area (Å²) < 4.78 is 50.0. The van der Waals surface area contributed by atoms with Crippen LogP contribution in [0.25, 0.3) is 6.08 Å². The zero-order valence-corrected chi connectivity index (χ0v) is 27.7. The van der Waals surface area contributed by atoms with Crippen LogP contribution in [0.2, 0.25) is 0 Å². The van der Waals surface area contributed by atoms with Crippen molar-refractivity contribution in [2.24, 2.45) is 0 Å². The molecule has 6 rings (SSSR count). The lowest BCUT2D eigenvalue weighted by molar-refractivity contribution is -0.130. The zero-order chi connectivity index (χ0) is 34.7. The van der Waals surface area contributed by atoms with Gasteiger partial charge in [-0.2, -0.15) is 0 Å². The van der Waals surface area contributed by atoms with E-state index in [1.807, 2.05) is 66.5 Å². The average molecular weight is 663 g/mol. The van der Waals surface area contributed by atoms with E-state index < -0.39 is 28.9 Å². The number of halogens is 3. The predicted molar refractivity (Wildman–Crippen MR) is 183 cm³/mol. The fraction of sp³-hybridized carbons (Fsp3) is 0.220. The van der Waals surface area contributed by atoms with Crippen molar-refractivity contribution in [3.8, 4) is 0 Å². The molecule has 4 aromatic rings. The Morgan fingerprint density at radius 3 is 2.39 bits per heavy atom. The van der Waals surface area contributed by atoms with Crippen molar-refractivity contribution in [3.05, 3.63) is 171 Å². The number of benzene rings is 4. The van der Waals surface area contributed by atoms with E-state index in [0.717, 1.165) is 28.3 Å². The van der Waals surface area contributed by atoms with Crippen molar-refractivity contribution in [3.63, 3.8) is 0 Å². The minimum absolute atomic E-state index is 0.0410. The van der Waals surface area contributed by atoms with Crippen LogP contribution in [0.3, 0.4) is 0 Å². The minimum Gasteiger partial charge on any atom is -0.484 e. The number of carbonyl (C=O) groups is 2. The number of ketones is 1. The largest absolute Gasteiger partial charge is 0.484 e. The Kier molecular flexibility index (Phi) is 9.69. The van der Waals surface area contributed by atoms with Gasteiger partial charge >= 0.3 is 0 Å². The molecule has 2 aliphatic rings. The fourth-order valence-electron chi connectivity index (χ4n) is 7.07. The van der Waals surface area contributed by atoms with Crippen LogP contribution in [-0.2, 0) is 39.3 Å². The molecule has 49 heavy (non-hydrogen) atoms. The zero-order valence-electron chi connectivity index (χ0n) is 27.7. The third-order valence-corrected chi connectivity index (χ3v) is 9.33. The van der Waals surface area contributed by atoms with E-state index in [-0.39, 0.29) is 42.5 Å². The van der Waals surface area contributed by atoms with Gasteiger partial charge in [-0.3, -0.25) is 14.5 Å². The first-order valence-corrected chi connectivity index (χ1v) is 16.2. The van der Waals surface area contributed by atoms with Gasteiger partial charge in [-0.25, -0.2) is 13.2 Å². The highest BCUT2D eigenvalue weighted by atomic mass is 19.2. The van der Waals surface area contributed by atoms with Crippen molar-refractivity contribution in [2.45, 2.75) is 38.8 Å². The van der Waals surface area contributed by atoms with E-state index >= 15 is 4.39 Å². The second-order valence-electron chi connectivity index (χ2n) is 12.4. The molecular weight excluding hydrogens is 625 g/mol. The third kappa shape index (κ3) is 6.36. The van der Waals surface area contributed by atoms with E-state index in [1.54, 1.807) is 49.1 Å². The van der Waals surface area contributed by atoms with Gasteiger partial charge in [0, 0.05) is 12.1 Å². The van der Waals surface area contributed by atoms with E-state index in [2.05, 4.69) is 0 Å². The highest BCUT2D eigenvalue weighted by Crippen LogP contribution is 2.55. The first kappa shape index (κ1) is 33.7. The first-order valence-electron chi connectivity index (χ1n) is 16.2. The monoisotopic (exact) mass is 662 g/mol. The number of carbonyl (C=O) groups excluding carboxylic acids is 2. The van der Waals surface area contributed by atoms with Gasteiger partial charge in [0.1, 0.15) is 12.4 Å². The molecule has 0 heterocycles. The number of ether oxygens (including phenoxy) is 1. The lowest BCUT2D eigenvalue weighted by Crippen LogP contribution is -2.51. The smallest absolute Gasteiger partial charge is 0.254 e. The maximum absolute atomic E-state index is 15.3. The third-order valence-electron chi connectivity index (χ3n) is 9.33. The van der Waals surface area contributed by atoms with Crippen molar-refractivity contribution in [1.82, 2.24) is 9.80 Å². The summed E-state index contributed by atoms with van der Waals surface area (Å²) in [5.41, 5.74) is 4.31. The summed E-state index contributed by atoms with van der Waals surface area (Å²) in [5.74, 6) is -3.18. The summed E-state index contributed by atoms with van der Waals surface area (Å²) in [5, 5.41) is 0. The molecule has 1 unspecified atom stereocenters.